The summed E-state index contributed by atoms with van der Waals surface area (Å²) in [6, 6.07) is 0.707. The fourth-order valence-electron chi connectivity index (χ4n) is 1.70. The molecule has 3 nitrogen and oxygen atoms in total. The number of carbonyl (C=O) groups is 1. The van der Waals surface area contributed by atoms with Crippen molar-refractivity contribution in [1.29, 1.82) is 0 Å². The maximum absolute atomic E-state index is 10.9. The highest BCUT2D eigenvalue weighted by molar-refractivity contribution is 5.75. The summed E-state index contributed by atoms with van der Waals surface area (Å²) in [5.74, 6) is 0.166. The molecule has 0 aromatic heterocycles. The molecule has 1 saturated heterocycles. The van der Waals surface area contributed by atoms with E-state index in [0.29, 0.717) is 12.5 Å². The van der Waals surface area contributed by atoms with Crippen LogP contribution >= 0.6 is 0 Å². The van der Waals surface area contributed by atoms with Crippen LogP contribution in [0.15, 0.2) is 0 Å². The molecule has 1 atom stereocenters. The lowest BCUT2D eigenvalue weighted by Gasteiger charge is -2.09. The van der Waals surface area contributed by atoms with Gasteiger partial charge in [-0.15, -0.1) is 0 Å². The van der Waals surface area contributed by atoms with Crippen LogP contribution < -0.4 is 10.6 Å². The number of nitrogens with one attached hydrogen (secondary N) is 2. The van der Waals surface area contributed by atoms with Gasteiger partial charge in [0.2, 0.25) is 5.91 Å². The number of hydrogen-bond acceptors (Lipinski definition) is 2. The smallest absolute Gasteiger partial charge is 0.219 e. The molecule has 1 aliphatic rings. The molecule has 0 aromatic rings. The molecule has 0 radical (unpaired) electrons. The molecule has 0 aliphatic carbocycles. The van der Waals surface area contributed by atoms with Crippen molar-refractivity contribution in [1.82, 2.24) is 10.6 Å². The Morgan fingerprint density at radius 2 is 2.46 bits per heavy atom. The molecule has 0 spiro atoms. The summed E-state index contributed by atoms with van der Waals surface area (Å²) in [6.07, 6.45) is 5.52. The van der Waals surface area contributed by atoms with E-state index in [9.17, 15) is 4.79 Å². The van der Waals surface area contributed by atoms with Crippen molar-refractivity contribution in [2.45, 2.75) is 45.1 Å². The number of hydrogen-bond donors (Lipinski definition) is 2. The molecule has 1 rings (SSSR count). The van der Waals surface area contributed by atoms with Gasteiger partial charge in [0.05, 0.1) is 0 Å². The first kappa shape index (κ1) is 10.5. The minimum absolute atomic E-state index is 0.166. The van der Waals surface area contributed by atoms with E-state index in [1.807, 2.05) is 6.92 Å². The Hall–Kier alpha value is -0.570. The quantitative estimate of drug-likeness (QED) is 0.627. The average Bonchev–Trinajstić information content (AvgIpc) is 2.64. The fourth-order valence-corrected chi connectivity index (χ4v) is 1.70. The van der Waals surface area contributed by atoms with Gasteiger partial charge in [0.1, 0.15) is 0 Å². The van der Waals surface area contributed by atoms with Crippen molar-refractivity contribution in [2.75, 3.05) is 13.1 Å². The first-order chi connectivity index (χ1) is 6.33. The summed E-state index contributed by atoms with van der Waals surface area (Å²) in [5.41, 5.74) is 0. The molecule has 1 unspecified atom stereocenters. The Morgan fingerprint density at radius 1 is 1.62 bits per heavy atom. The largest absolute Gasteiger partial charge is 0.356 e. The summed E-state index contributed by atoms with van der Waals surface area (Å²) in [5, 5.41) is 6.34. The highest BCUT2D eigenvalue weighted by Crippen LogP contribution is 2.09. The zero-order valence-electron chi connectivity index (χ0n) is 8.44. The second kappa shape index (κ2) is 5.97. The molecule has 3 heteroatoms. The minimum atomic E-state index is 0.166. The number of rotatable bonds is 5. The predicted octanol–water partition coefficient (Wildman–Crippen LogP) is 1.04. The van der Waals surface area contributed by atoms with Crippen LogP contribution in [-0.2, 0) is 4.79 Å². The van der Waals surface area contributed by atoms with Gasteiger partial charge in [-0.1, -0.05) is 6.92 Å². The van der Waals surface area contributed by atoms with Gasteiger partial charge in [0.15, 0.2) is 0 Å². The summed E-state index contributed by atoms with van der Waals surface area (Å²) < 4.78 is 0. The average molecular weight is 184 g/mol. The molecule has 0 bridgehead atoms. The monoisotopic (exact) mass is 184 g/mol. The Kier molecular flexibility index (Phi) is 4.83. The number of amides is 1. The van der Waals surface area contributed by atoms with Gasteiger partial charge in [-0.2, -0.15) is 0 Å². The highest BCUT2D eigenvalue weighted by atomic mass is 16.1. The van der Waals surface area contributed by atoms with Crippen molar-refractivity contribution >= 4 is 5.91 Å². The molecular formula is C10H20N2O. The maximum Gasteiger partial charge on any atom is 0.219 e. The second-order valence-corrected chi connectivity index (χ2v) is 3.64. The Balaban J connectivity index is 1.91. The van der Waals surface area contributed by atoms with Crippen LogP contribution in [0.2, 0.25) is 0 Å². The third kappa shape index (κ3) is 4.27. The predicted molar refractivity (Wildman–Crippen MR) is 53.6 cm³/mol. The lowest BCUT2D eigenvalue weighted by molar-refractivity contribution is -0.120. The molecule has 13 heavy (non-hydrogen) atoms. The van der Waals surface area contributed by atoms with Crippen molar-refractivity contribution in [3.8, 4) is 0 Å². The van der Waals surface area contributed by atoms with Crippen molar-refractivity contribution in [3.63, 3.8) is 0 Å². The zero-order valence-corrected chi connectivity index (χ0v) is 8.44. The SMILES string of the molecule is CCC(=O)NCCCC1CCCN1. The Bertz CT molecular complexity index is 153. The summed E-state index contributed by atoms with van der Waals surface area (Å²) in [7, 11) is 0. The highest BCUT2D eigenvalue weighted by Gasteiger charge is 2.12. The van der Waals surface area contributed by atoms with E-state index in [1.165, 1.54) is 25.8 Å². The van der Waals surface area contributed by atoms with Gasteiger partial charge < -0.3 is 10.6 Å². The fraction of sp³-hybridized carbons (Fsp3) is 0.900. The van der Waals surface area contributed by atoms with E-state index >= 15 is 0 Å². The van der Waals surface area contributed by atoms with Crippen molar-refractivity contribution < 1.29 is 4.79 Å². The van der Waals surface area contributed by atoms with Gasteiger partial charge in [-0.05, 0) is 32.2 Å². The third-order valence-electron chi connectivity index (χ3n) is 2.54. The molecule has 0 saturated carbocycles. The zero-order chi connectivity index (χ0) is 9.52. The third-order valence-corrected chi connectivity index (χ3v) is 2.54. The van der Waals surface area contributed by atoms with E-state index in [0.717, 1.165) is 13.0 Å². The Labute approximate surface area is 80.3 Å². The van der Waals surface area contributed by atoms with Gasteiger partial charge in [-0.25, -0.2) is 0 Å². The molecule has 76 valence electrons. The van der Waals surface area contributed by atoms with Crippen LogP contribution in [0, 0.1) is 0 Å². The molecule has 1 amide bonds. The molecule has 1 fully saturated rings. The van der Waals surface area contributed by atoms with Gasteiger partial charge in [0, 0.05) is 19.0 Å². The van der Waals surface area contributed by atoms with Crippen LogP contribution in [0.4, 0.5) is 0 Å². The Morgan fingerprint density at radius 3 is 3.08 bits per heavy atom. The molecule has 0 aromatic carbocycles. The van der Waals surface area contributed by atoms with Crippen LogP contribution in [0.5, 0.6) is 0 Å². The standard InChI is InChI=1S/C10H20N2O/c1-2-10(13)12-8-4-6-9-5-3-7-11-9/h9,11H,2-8H2,1H3,(H,12,13). The first-order valence-corrected chi connectivity index (χ1v) is 5.33. The maximum atomic E-state index is 10.9. The minimum Gasteiger partial charge on any atom is -0.356 e. The van der Waals surface area contributed by atoms with Crippen LogP contribution in [0.3, 0.4) is 0 Å². The van der Waals surface area contributed by atoms with Crippen molar-refractivity contribution in [3.05, 3.63) is 0 Å². The van der Waals surface area contributed by atoms with Crippen molar-refractivity contribution in [2.24, 2.45) is 0 Å². The van der Waals surface area contributed by atoms with E-state index in [1.54, 1.807) is 0 Å². The molecular weight excluding hydrogens is 164 g/mol. The molecule has 1 aliphatic heterocycles. The van der Waals surface area contributed by atoms with E-state index in [4.69, 9.17) is 0 Å². The van der Waals surface area contributed by atoms with Gasteiger partial charge >= 0.3 is 0 Å². The second-order valence-electron chi connectivity index (χ2n) is 3.64. The molecule has 1 heterocycles. The molecule has 2 N–H and O–H groups in total. The lowest BCUT2D eigenvalue weighted by atomic mass is 10.1. The summed E-state index contributed by atoms with van der Waals surface area (Å²) in [6.45, 7) is 3.89. The number of carbonyl (C=O) groups excluding carboxylic acids is 1. The van der Waals surface area contributed by atoms with E-state index in [-0.39, 0.29) is 5.91 Å². The first-order valence-electron chi connectivity index (χ1n) is 5.33. The summed E-state index contributed by atoms with van der Waals surface area (Å²) in [4.78, 5) is 10.9. The van der Waals surface area contributed by atoms with Crippen LogP contribution in [0.25, 0.3) is 0 Å². The van der Waals surface area contributed by atoms with Crippen LogP contribution in [-0.4, -0.2) is 25.0 Å². The topological polar surface area (TPSA) is 41.1 Å². The normalized spacial score (nSPS) is 21.8. The van der Waals surface area contributed by atoms with E-state index < -0.39 is 0 Å². The summed E-state index contributed by atoms with van der Waals surface area (Å²) >= 11 is 0. The van der Waals surface area contributed by atoms with Gasteiger partial charge in [-0.3, -0.25) is 4.79 Å². The van der Waals surface area contributed by atoms with Crippen LogP contribution in [0.1, 0.15) is 39.0 Å². The van der Waals surface area contributed by atoms with Gasteiger partial charge in [0.25, 0.3) is 0 Å². The van der Waals surface area contributed by atoms with E-state index in [2.05, 4.69) is 10.6 Å². The lowest BCUT2D eigenvalue weighted by Crippen LogP contribution is -2.26.